The maximum atomic E-state index is 12.1. The summed E-state index contributed by atoms with van der Waals surface area (Å²) in [5, 5.41) is 0. The van der Waals surface area contributed by atoms with Crippen molar-refractivity contribution in [3.05, 3.63) is 24.0 Å². The van der Waals surface area contributed by atoms with Gasteiger partial charge < -0.3 is 14.8 Å². The van der Waals surface area contributed by atoms with Crippen molar-refractivity contribution in [2.24, 2.45) is 0 Å². The molecule has 0 radical (unpaired) electrons. The lowest BCUT2D eigenvalue weighted by Gasteiger charge is -2.34. The molecule has 0 unspecified atom stereocenters. The van der Waals surface area contributed by atoms with Gasteiger partial charge in [-0.05, 0) is 18.6 Å². The van der Waals surface area contributed by atoms with E-state index in [-0.39, 0.29) is 11.8 Å². The van der Waals surface area contributed by atoms with Gasteiger partial charge in [0.15, 0.2) is 0 Å². The fraction of sp³-hybridized carbons (Fsp3) is 0.538. The molecule has 1 aromatic heterocycles. The number of hydrogen-bond donors (Lipinski definition) is 1. The van der Waals surface area contributed by atoms with Gasteiger partial charge in [0.2, 0.25) is 5.91 Å². The van der Waals surface area contributed by atoms with Crippen molar-refractivity contribution < 1.29 is 9.59 Å². The summed E-state index contributed by atoms with van der Waals surface area (Å²) in [7, 11) is 0. The van der Waals surface area contributed by atoms with Crippen molar-refractivity contribution in [2.45, 2.75) is 19.8 Å². The normalized spacial score (nSPS) is 15.8. The summed E-state index contributed by atoms with van der Waals surface area (Å²) in [5.41, 5.74) is 0.614. The third kappa shape index (κ3) is 2.72. The van der Waals surface area contributed by atoms with E-state index < -0.39 is 0 Å². The van der Waals surface area contributed by atoms with Gasteiger partial charge in [-0.1, -0.05) is 6.92 Å². The summed E-state index contributed by atoms with van der Waals surface area (Å²) in [4.78, 5) is 30.3. The molecule has 1 aliphatic heterocycles. The molecular formula is C13H19N3O2. The molecule has 2 heterocycles. The summed E-state index contributed by atoms with van der Waals surface area (Å²) < 4.78 is 0. The standard InChI is InChI=1S/C13H19N3O2/c1-2-4-12(17)15-7-9-16(10-8-15)13(18)11-5-3-6-14-11/h3,5-6,14H,2,4,7-10H2,1H3. The zero-order chi connectivity index (χ0) is 13.0. The van der Waals surface area contributed by atoms with Crippen molar-refractivity contribution in [1.29, 1.82) is 0 Å². The number of aromatic nitrogens is 1. The van der Waals surface area contributed by atoms with Gasteiger partial charge in [-0.2, -0.15) is 0 Å². The van der Waals surface area contributed by atoms with Crippen LogP contribution in [0.1, 0.15) is 30.3 Å². The second-order valence-electron chi connectivity index (χ2n) is 4.51. The molecule has 18 heavy (non-hydrogen) atoms. The molecule has 0 saturated carbocycles. The van der Waals surface area contributed by atoms with Crippen molar-refractivity contribution in [3.8, 4) is 0 Å². The highest BCUT2D eigenvalue weighted by Gasteiger charge is 2.24. The van der Waals surface area contributed by atoms with Gasteiger partial charge in [-0.3, -0.25) is 9.59 Å². The molecule has 2 amide bonds. The highest BCUT2D eigenvalue weighted by molar-refractivity contribution is 5.92. The minimum Gasteiger partial charge on any atom is -0.357 e. The van der Waals surface area contributed by atoms with E-state index in [0.717, 1.165) is 6.42 Å². The van der Waals surface area contributed by atoms with Gasteiger partial charge in [0.1, 0.15) is 5.69 Å². The van der Waals surface area contributed by atoms with Gasteiger partial charge in [0.25, 0.3) is 5.91 Å². The van der Waals surface area contributed by atoms with Crippen LogP contribution in [-0.4, -0.2) is 52.8 Å². The lowest BCUT2D eigenvalue weighted by atomic mass is 10.2. The largest absolute Gasteiger partial charge is 0.357 e. The van der Waals surface area contributed by atoms with E-state index in [1.807, 2.05) is 17.9 Å². The first-order valence-electron chi connectivity index (χ1n) is 6.43. The molecule has 1 aromatic rings. The van der Waals surface area contributed by atoms with Gasteiger partial charge in [0.05, 0.1) is 0 Å². The van der Waals surface area contributed by atoms with E-state index in [0.29, 0.717) is 38.3 Å². The molecular weight excluding hydrogens is 230 g/mol. The van der Waals surface area contributed by atoms with Crippen LogP contribution in [0, 0.1) is 0 Å². The van der Waals surface area contributed by atoms with Crippen molar-refractivity contribution in [2.75, 3.05) is 26.2 Å². The molecule has 1 aliphatic rings. The third-order valence-electron chi connectivity index (χ3n) is 3.21. The summed E-state index contributed by atoms with van der Waals surface area (Å²) in [6.45, 7) is 4.53. The van der Waals surface area contributed by atoms with Crippen LogP contribution < -0.4 is 0 Å². The van der Waals surface area contributed by atoms with E-state index in [4.69, 9.17) is 0 Å². The highest BCUT2D eigenvalue weighted by Crippen LogP contribution is 2.08. The van der Waals surface area contributed by atoms with Crippen molar-refractivity contribution >= 4 is 11.8 Å². The zero-order valence-corrected chi connectivity index (χ0v) is 10.7. The van der Waals surface area contributed by atoms with Crippen molar-refractivity contribution in [1.82, 2.24) is 14.8 Å². The topological polar surface area (TPSA) is 56.4 Å². The van der Waals surface area contributed by atoms with Gasteiger partial charge in [0, 0.05) is 38.8 Å². The lowest BCUT2D eigenvalue weighted by molar-refractivity contribution is -0.132. The molecule has 5 heteroatoms. The number of carbonyl (C=O) groups is 2. The molecule has 0 aliphatic carbocycles. The number of rotatable bonds is 3. The van der Waals surface area contributed by atoms with Crippen LogP contribution >= 0.6 is 0 Å². The molecule has 1 N–H and O–H groups in total. The summed E-state index contributed by atoms with van der Waals surface area (Å²) in [6, 6.07) is 3.59. The summed E-state index contributed by atoms with van der Waals surface area (Å²) in [5.74, 6) is 0.215. The molecule has 0 aromatic carbocycles. The second-order valence-corrected chi connectivity index (χ2v) is 4.51. The average molecular weight is 249 g/mol. The Morgan fingerprint density at radius 2 is 1.89 bits per heavy atom. The smallest absolute Gasteiger partial charge is 0.270 e. The van der Waals surface area contributed by atoms with Gasteiger partial charge in [-0.15, -0.1) is 0 Å². The Labute approximate surface area is 107 Å². The minimum atomic E-state index is 0.0163. The number of piperazine rings is 1. The van der Waals surface area contributed by atoms with Crippen LogP contribution in [0.3, 0.4) is 0 Å². The van der Waals surface area contributed by atoms with Crippen molar-refractivity contribution in [3.63, 3.8) is 0 Å². The maximum Gasteiger partial charge on any atom is 0.270 e. The Hall–Kier alpha value is -1.78. The molecule has 0 atom stereocenters. The fourth-order valence-electron chi connectivity index (χ4n) is 2.16. The Morgan fingerprint density at radius 1 is 1.22 bits per heavy atom. The monoisotopic (exact) mass is 249 g/mol. The van der Waals surface area contributed by atoms with E-state index >= 15 is 0 Å². The molecule has 1 fully saturated rings. The Morgan fingerprint density at radius 3 is 2.44 bits per heavy atom. The number of aromatic amines is 1. The quantitative estimate of drug-likeness (QED) is 0.872. The average Bonchev–Trinajstić information content (AvgIpc) is 2.92. The highest BCUT2D eigenvalue weighted by atomic mass is 16.2. The number of H-pyrrole nitrogens is 1. The predicted molar refractivity (Wildman–Crippen MR) is 68.2 cm³/mol. The minimum absolute atomic E-state index is 0.0163. The summed E-state index contributed by atoms with van der Waals surface area (Å²) in [6.07, 6.45) is 3.22. The molecule has 2 rings (SSSR count). The maximum absolute atomic E-state index is 12.1. The van der Waals surface area contributed by atoms with E-state index in [2.05, 4.69) is 4.98 Å². The first kappa shape index (κ1) is 12.7. The molecule has 1 saturated heterocycles. The van der Waals surface area contributed by atoms with Crippen LogP contribution in [0.15, 0.2) is 18.3 Å². The van der Waals surface area contributed by atoms with Crippen LogP contribution in [0.2, 0.25) is 0 Å². The van der Waals surface area contributed by atoms with E-state index in [1.54, 1.807) is 17.2 Å². The lowest BCUT2D eigenvalue weighted by Crippen LogP contribution is -2.50. The number of nitrogens with one attached hydrogen (secondary N) is 1. The van der Waals surface area contributed by atoms with Crippen LogP contribution in [0.5, 0.6) is 0 Å². The Bertz CT molecular complexity index is 406. The molecule has 0 spiro atoms. The molecule has 98 valence electrons. The van der Waals surface area contributed by atoms with Crippen LogP contribution in [0.4, 0.5) is 0 Å². The zero-order valence-electron chi connectivity index (χ0n) is 10.7. The second kappa shape index (κ2) is 5.71. The Kier molecular flexibility index (Phi) is 4.02. The summed E-state index contributed by atoms with van der Waals surface area (Å²) >= 11 is 0. The van der Waals surface area contributed by atoms with E-state index in [1.165, 1.54) is 0 Å². The first-order valence-corrected chi connectivity index (χ1v) is 6.43. The Balaban J connectivity index is 1.87. The third-order valence-corrected chi connectivity index (χ3v) is 3.21. The predicted octanol–water partition coefficient (Wildman–Crippen LogP) is 1.10. The number of amides is 2. The van der Waals surface area contributed by atoms with E-state index in [9.17, 15) is 9.59 Å². The fourth-order valence-corrected chi connectivity index (χ4v) is 2.16. The van der Waals surface area contributed by atoms with Crippen LogP contribution in [0.25, 0.3) is 0 Å². The first-order chi connectivity index (χ1) is 8.72. The number of carbonyl (C=O) groups excluding carboxylic acids is 2. The molecule has 0 bridgehead atoms. The van der Waals surface area contributed by atoms with Gasteiger partial charge in [-0.25, -0.2) is 0 Å². The number of nitrogens with zero attached hydrogens (tertiary/aromatic N) is 2. The van der Waals surface area contributed by atoms with Gasteiger partial charge >= 0.3 is 0 Å². The SMILES string of the molecule is CCCC(=O)N1CCN(C(=O)c2ccc[nH]2)CC1. The van der Waals surface area contributed by atoms with Crippen LogP contribution in [-0.2, 0) is 4.79 Å². The molecule has 5 nitrogen and oxygen atoms in total. The number of hydrogen-bond acceptors (Lipinski definition) is 2.